The third-order valence-electron chi connectivity index (χ3n) is 4.01. The Labute approximate surface area is 181 Å². The van der Waals surface area contributed by atoms with E-state index in [0.717, 1.165) is 6.42 Å². The van der Waals surface area contributed by atoms with Crippen LogP contribution in [0.1, 0.15) is 44.9 Å². The average molecular weight is 489 g/mol. The fourth-order valence-electron chi connectivity index (χ4n) is 2.61. The second-order valence-corrected chi connectivity index (χ2v) is 7.68. The summed E-state index contributed by atoms with van der Waals surface area (Å²) in [5, 5.41) is 9.30. The van der Waals surface area contributed by atoms with Crippen molar-refractivity contribution in [1.29, 1.82) is 0 Å². The molecule has 154 valence electrons. The molecule has 0 saturated heterocycles. The number of benzene rings is 1. The number of aryl methyl sites for hydroxylation is 1. The molecule has 0 radical (unpaired) electrons. The lowest BCUT2D eigenvalue weighted by molar-refractivity contribution is -0.121. The highest BCUT2D eigenvalue weighted by Crippen LogP contribution is 2.18. The van der Waals surface area contributed by atoms with Gasteiger partial charge in [-0.2, -0.15) is 0 Å². The van der Waals surface area contributed by atoms with Crippen molar-refractivity contribution in [2.75, 3.05) is 34.2 Å². The smallest absolute Gasteiger partial charge is 0.239 e. The Kier molecular flexibility index (Phi) is 11.6. The van der Waals surface area contributed by atoms with Crippen LogP contribution in [0.25, 0.3) is 0 Å². The summed E-state index contributed by atoms with van der Waals surface area (Å²) < 4.78 is 0. The highest BCUT2D eigenvalue weighted by atomic mass is 127. The zero-order valence-electron chi connectivity index (χ0n) is 17.7. The number of rotatable bonds is 7. The number of hydrogen-bond donors (Lipinski definition) is 3. The summed E-state index contributed by atoms with van der Waals surface area (Å²) in [4.78, 5) is 18.3. The standard InChI is InChI=1S/C20H35N5O.HI/c1-8-15-9-11-16(12-10-15)17(25(6)7)13-22-19(21-5)23-14-18(26)24-20(2,3)4;/h9-12,17H,8,13-14H2,1-7H3,(H,24,26)(H2,21,22,23);1H. The first-order valence-corrected chi connectivity index (χ1v) is 9.17. The summed E-state index contributed by atoms with van der Waals surface area (Å²) in [5.41, 5.74) is 2.35. The first kappa shape index (κ1) is 25.6. The number of likely N-dealkylation sites (N-methyl/N-ethyl adjacent to an activating group) is 1. The van der Waals surface area contributed by atoms with Gasteiger partial charge in [0.1, 0.15) is 0 Å². The summed E-state index contributed by atoms with van der Waals surface area (Å²) in [7, 11) is 5.83. The summed E-state index contributed by atoms with van der Waals surface area (Å²) in [6.45, 7) is 8.93. The molecule has 0 spiro atoms. The molecule has 0 aliphatic heterocycles. The maximum atomic E-state index is 11.9. The first-order valence-electron chi connectivity index (χ1n) is 9.17. The van der Waals surface area contributed by atoms with Crippen molar-refractivity contribution in [3.05, 3.63) is 35.4 Å². The van der Waals surface area contributed by atoms with Crippen LogP contribution in [0.5, 0.6) is 0 Å². The summed E-state index contributed by atoms with van der Waals surface area (Å²) in [6, 6.07) is 8.92. The second-order valence-electron chi connectivity index (χ2n) is 7.68. The van der Waals surface area contributed by atoms with Crippen LogP contribution in [0.15, 0.2) is 29.3 Å². The molecule has 0 aliphatic carbocycles. The Hall–Kier alpha value is -1.35. The van der Waals surface area contributed by atoms with E-state index in [2.05, 4.69) is 71.1 Å². The molecule has 0 aromatic heterocycles. The van der Waals surface area contributed by atoms with Crippen LogP contribution in [0.2, 0.25) is 0 Å². The van der Waals surface area contributed by atoms with Crippen molar-refractivity contribution < 1.29 is 4.79 Å². The van der Waals surface area contributed by atoms with Crippen molar-refractivity contribution in [3.8, 4) is 0 Å². The van der Waals surface area contributed by atoms with Gasteiger partial charge >= 0.3 is 0 Å². The fraction of sp³-hybridized carbons (Fsp3) is 0.600. The number of hydrogen-bond acceptors (Lipinski definition) is 3. The van der Waals surface area contributed by atoms with Gasteiger partial charge in [-0.25, -0.2) is 0 Å². The van der Waals surface area contributed by atoms with Crippen molar-refractivity contribution >= 4 is 35.8 Å². The van der Waals surface area contributed by atoms with Crippen LogP contribution < -0.4 is 16.0 Å². The number of carbonyl (C=O) groups excluding carboxylic acids is 1. The van der Waals surface area contributed by atoms with Gasteiger partial charge < -0.3 is 20.9 Å². The van der Waals surface area contributed by atoms with Crippen molar-refractivity contribution in [2.45, 2.75) is 45.7 Å². The average Bonchev–Trinajstić information content (AvgIpc) is 2.56. The molecule has 1 aromatic carbocycles. The van der Waals surface area contributed by atoms with Crippen LogP contribution >= 0.6 is 24.0 Å². The predicted octanol–water partition coefficient (Wildman–Crippen LogP) is 2.55. The molecule has 7 heteroatoms. The monoisotopic (exact) mass is 489 g/mol. The van der Waals surface area contributed by atoms with E-state index in [9.17, 15) is 4.79 Å². The van der Waals surface area contributed by atoms with E-state index in [1.165, 1.54) is 11.1 Å². The SMILES string of the molecule is CCc1ccc(C(CNC(=NC)NCC(=O)NC(C)(C)C)N(C)C)cc1.I. The van der Waals surface area contributed by atoms with Gasteiger partial charge in [0.25, 0.3) is 0 Å². The third kappa shape index (κ3) is 9.95. The minimum atomic E-state index is -0.240. The zero-order valence-corrected chi connectivity index (χ0v) is 20.0. The Balaban J connectivity index is 0.00000676. The Morgan fingerprint density at radius 2 is 1.74 bits per heavy atom. The largest absolute Gasteiger partial charge is 0.354 e. The van der Waals surface area contributed by atoms with Gasteiger partial charge in [0.2, 0.25) is 5.91 Å². The highest BCUT2D eigenvalue weighted by molar-refractivity contribution is 14.0. The number of nitrogens with one attached hydrogen (secondary N) is 3. The molecular formula is C20H36IN5O. The third-order valence-corrected chi connectivity index (χ3v) is 4.01. The number of halogens is 1. The Bertz CT molecular complexity index is 593. The normalized spacial score (nSPS) is 13.0. The molecular weight excluding hydrogens is 453 g/mol. The molecule has 6 nitrogen and oxygen atoms in total. The van der Waals surface area contributed by atoms with Gasteiger partial charge in [0, 0.05) is 19.1 Å². The molecule has 1 rings (SSSR count). The summed E-state index contributed by atoms with van der Waals surface area (Å²) >= 11 is 0. The number of carbonyl (C=O) groups is 1. The molecule has 0 heterocycles. The molecule has 1 amide bonds. The van der Waals surface area contributed by atoms with Crippen molar-refractivity contribution in [3.63, 3.8) is 0 Å². The molecule has 3 N–H and O–H groups in total. The number of guanidine groups is 1. The van der Waals surface area contributed by atoms with E-state index < -0.39 is 0 Å². The van der Waals surface area contributed by atoms with Crippen LogP contribution in [-0.2, 0) is 11.2 Å². The van der Waals surface area contributed by atoms with Gasteiger partial charge in [0.05, 0.1) is 12.6 Å². The second kappa shape index (κ2) is 12.2. The zero-order chi connectivity index (χ0) is 19.7. The Morgan fingerprint density at radius 1 is 1.15 bits per heavy atom. The van der Waals surface area contributed by atoms with Gasteiger partial charge in [-0.05, 0) is 52.4 Å². The lowest BCUT2D eigenvalue weighted by Gasteiger charge is -2.26. The van der Waals surface area contributed by atoms with Crippen LogP contribution in [0.4, 0.5) is 0 Å². The number of aliphatic imine (C=N–C) groups is 1. The molecule has 0 bridgehead atoms. The van der Waals surface area contributed by atoms with E-state index >= 15 is 0 Å². The molecule has 0 aliphatic rings. The molecule has 0 fully saturated rings. The maximum Gasteiger partial charge on any atom is 0.239 e. The molecule has 27 heavy (non-hydrogen) atoms. The van der Waals surface area contributed by atoms with E-state index in [0.29, 0.717) is 12.5 Å². The lowest BCUT2D eigenvalue weighted by atomic mass is 10.0. The van der Waals surface area contributed by atoms with Crippen LogP contribution in [0, 0.1) is 0 Å². The minimum absolute atomic E-state index is 0. The van der Waals surface area contributed by atoms with Crippen LogP contribution in [-0.4, -0.2) is 56.5 Å². The lowest BCUT2D eigenvalue weighted by Crippen LogP contribution is -2.49. The number of nitrogens with zero attached hydrogens (tertiary/aromatic N) is 2. The van der Waals surface area contributed by atoms with Crippen LogP contribution in [0.3, 0.4) is 0 Å². The Morgan fingerprint density at radius 3 is 2.19 bits per heavy atom. The van der Waals surface area contributed by atoms with E-state index in [1.807, 2.05) is 20.8 Å². The fourth-order valence-corrected chi connectivity index (χ4v) is 2.61. The summed E-state index contributed by atoms with van der Waals surface area (Å²) in [6.07, 6.45) is 1.04. The van der Waals surface area contributed by atoms with E-state index in [1.54, 1.807) is 7.05 Å². The first-order chi connectivity index (χ1) is 12.2. The van der Waals surface area contributed by atoms with Crippen molar-refractivity contribution in [1.82, 2.24) is 20.9 Å². The quantitative estimate of drug-likeness (QED) is 0.313. The highest BCUT2D eigenvalue weighted by Gasteiger charge is 2.16. The predicted molar refractivity (Wildman–Crippen MR) is 125 cm³/mol. The number of amides is 1. The minimum Gasteiger partial charge on any atom is -0.354 e. The topological polar surface area (TPSA) is 68.8 Å². The van der Waals surface area contributed by atoms with Gasteiger partial charge in [-0.1, -0.05) is 31.2 Å². The van der Waals surface area contributed by atoms with Gasteiger partial charge in [-0.3, -0.25) is 9.79 Å². The molecule has 1 unspecified atom stereocenters. The molecule has 1 aromatic rings. The van der Waals surface area contributed by atoms with Crippen molar-refractivity contribution in [2.24, 2.45) is 4.99 Å². The molecule has 0 saturated carbocycles. The van der Waals surface area contributed by atoms with E-state index in [-0.39, 0.29) is 48.0 Å². The van der Waals surface area contributed by atoms with Gasteiger partial charge in [0.15, 0.2) is 5.96 Å². The summed E-state index contributed by atoms with van der Waals surface area (Å²) in [5.74, 6) is 0.561. The van der Waals surface area contributed by atoms with E-state index in [4.69, 9.17) is 0 Å². The molecule has 1 atom stereocenters. The van der Waals surface area contributed by atoms with Gasteiger partial charge in [-0.15, -0.1) is 24.0 Å². The maximum absolute atomic E-state index is 11.9.